The van der Waals surface area contributed by atoms with Crippen LogP contribution in [0.25, 0.3) is 11.1 Å². The maximum Gasteiger partial charge on any atom is 0.251 e. The number of halogens is 1. The SMILES string of the molecule is CCCCc1c(-c2ccc(Cl)cc2)c(C(N)=O)c(C)n1Cc1ccccc1OC. The Labute approximate surface area is 177 Å². The van der Waals surface area contributed by atoms with Gasteiger partial charge in [0, 0.05) is 27.5 Å². The summed E-state index contributed by atoms with van der Waals surface area (Å²) in [5, 5.41) is 0.662. The van der Waals surface area contributed by atoms with Crippen LogP contribution < -0.4 is 10.5 Å². The topological polar surface area (TPSA) is 57.2 Å². The van der Waals surface area contributed by atoms with Crippen LogP contribution in [-0.4, -0.2) is 17.6 Å². The first kappa shape index (κ1) is 21.0. The Morgan fingerprint density at radius 2 is 1.83 bits per heavy atom. The summed E-state index contributed by atoms with van der Waals surface area (Å²) in [6.07, 6.45) is 2.94. The summed E-state index contributed by atoms with van der Waals surface area (Å²) >= 11 is 6.09. The highest BCUT2D eigenvalue weighted by molar-refractivity contribution is 6.30. The van der Waals surface area contributed by atoms with E-state index >= 15 is 0 Å². The summed E-state index contributed by atoms with van der Waals surface area (Å²) in [4.78, 5) is 12.5. The number of unbranched alkanes of at least 4 members (excludes halogenated alkanes) is 1. The van der Waals surface area contributed by atoms with Crippen molar-refractivity contribution < 1.29 is 9.53 Å². The van der Waals surface area contributed by atoms with Gasteiger partial charge in [0.05, 0.1) is 19.2 Å². The van der Waals surface area contributed by atoms with E-state index in [-0.39, 0.29) is 0 Å². The number of ether oxygens (including phenoxy) is 1. The van der Waals surface area contributed by atoms with Crippen LogP contribution in [-0.2, 0) is 13.0 Å². The number of benzene rings is 2. The van der Waals surface area contributed by atoms with Crippen molar-refractivity contribution in [2.75, 3.05) is 7.11 Å². The second kappa shape index (κ2) is 9.19. The third-order valence-corrected chi connectivity index (χ3v) is 5.55. The fraction of sp³-hybridized carbons (Fsp3) is 0.292. The molecule has 1 aromatic heterocycles. The number of rotatable bonds is 8. The highest BCUT2D eigenvalue weighted by Gasteiger charge is 2.25. The normalized spacial score (nSPS) is 10.9. The number of amides is 1. The number of para-hydroxylation sites is 1. The van der Waals surface area contributed by atoms with Crippen molar-refractivity contribution in [2.45, 2.75) is 39.7 Å². The van der Waals surface area contributed by atoms with E-state index in [9.17, 15) is 4.79 Å². The third-order valence-electron chi connectivity index (χ3n) is 5.30. The predicted molar refractivity (Wildman–Crippen MR) is 119 cm³/mol. The zero-order chi connectivity index (χ0) is 21.0. The number of aromatic nitrogens is 1. The predicted octanol–water partition coefficient (Wildman–Crippen LogP) is 5.62. The highest BCUT2D eigenvalue weighted by atomic mass is 35.5. The van der Waals surface area contributed by atoms with Crippen LogP contribution in [0.5, 0.6) is 5.75 Å². The molecule has 0 saturated heterocycles. The molecule has 3 aromatic rings. The lowest BCUT2D eigenvalue weighted by molar-refractivity contribution is 0.1000. The first-order valence-corrected chi connectivity index (χ1v) is 10.2. The van der Waals surface area contributed by atoms with Crippen molar-refractivity contribution in [3.63, 3.8) is 0 Å². The molecular weight excluding hydrogens is 384 g/mol. The maximum absolute atomic E-state index is 12.5. The lowest BCUT2D eigenvalue weighted by Gasteiger charge is -2.15. The summed E-state index contributed by atoms with van der Waals surface area (Å²) in [6.45, 7) is 4.74. The molecule has 0 radical (unpaired) electrons. The van der Waals surface area contributed by atoms with E-state index in [0.717, 1.165) is 53.1 Å². The lowest BCUT2D eigenvalue weighted by Crippen LogP contribution is -2.13. The first-order chi connectivity index (χ1) is 14.0. The minimum Gasteiger partial charge on any atom is -0.496 e. The number of carbonyl (C=O) groups is 1. The Hall–Kier alpha value is -2.72. The van der Waals surface area contributed by atoms with Gasteiger partial charge in [0.1, 0.15) is 5.75 Å². The minimum atomic E-state index is -0.413. The second-order valence-corrected chi connectivity index (χ2v) is 7.59. The van der Waals surface area contributed by atoms with Crippen molar-refractivity contribution in [1.82, 2.24) is 4.57 Å². The molecule has 1 heterocycles. The molecule has 1 amide bonds. The van der Waals surface area contributed by atoms with Crippen LogP contribution in [0.2, 0.25) is 5.02 Å². The maximum atomic E-state index is 12.5. The number of nitrogens with zero attached hydrogens (tertiary/aromatic N) is 1. The van der Waals surface area contributed by atoms with Gasteiger partial charge in [-0.05, 0) is 43.5 Å². The molecule has 0 unspecified atom stereocenters. The van der Waals surface area contributed by atoms with E-state index in [0.29, 0.717) is 17.1 Å². The van der Waals surface area contributed by atoms with Gasteiger partial charge in [0.25, 0.3) is 5.91 Å². The largest absolute Gasteiger partial charge is 0.496 e. The third kappa shape index (κ3) is 4.33. The zero-order valence-electron chi connectivity index (χ0n) is 17.2. The summed E-state index contributed by atoms with van der Waals surface area (Å²) < 4.78 is 7.75. The number of nitrogens with two attached hydrogens (primary N) is 1. The van der Waals surface area contributed by atoms with Gasteiger partial charge < -0.3 is 15.0 Å². The van der Waals surface area contributed by atoms with Gasteiger partial charge in [-0.3, -0.25) is 4.79 Å². The lowest BCUT2D eigenvalue weighted by atomic mass is 9.97. The number of primary amides is 1. The molecule has 152 valence electrons. The van der Waals surface area contributed by atoms with Crippen LogP contribution in [0, 0.1) is 6.92 Å². The van der Waals surface area contributed by atoms with Gasteiger partial charge in [0.2, 0.25) is 0 Å². The van der Waals surface area contributed by atoms with E-state index in [4.69, 9.17) is 22.1 Å². The van der Waals surface area contributed by atoms with Gasteiger partial charge in [-0.1, -0.05) is 55.3 Å². The van der Waals surface area contributed by atoms with E-state index in [1.165, 1.54) is 0 Å². The van der Waals surface area contributed by atoms with Crippen LogP contribution >= 0.6 is 11.6 Å². The molecule has 5 heteroatoms. The van der Waals surface area contributed by atoms with Gasteiger partial charge >= 0.3 is 0 Å². The summed E-state index contributed by atoms with van der Waals surface area (Å²) in [6, 6.07) is 15.5. The number of methoxy groups -OCH3 is 1. The Balaban J connectivity index is 2.23. The molecule has 3 rings (SSSR count). The van der Waals surface area contributed by atoms with Crippen LogP contribution in [0.3, 0.4) is 0 Å². The van der Waals surface area contributed by atoms with Crippen molar-refractivity contribution >= 4 is 17.5 Å². The molecule has 0 atom stereocenters. The molecule has 0 aliphatic rings. The number of carbonyl (C=O) groups excluding carboxylic acids is 1. The van der Waals surface area contributed by atoms with Crippen molar-refractivity contribution in [3.8, 4) is 16.9 Å². The second-order valence-electron chi connectivity index (χ2n) is 7.15. The quantitative estimate of drug-likeness (QED) is 0.524. The summed E-state index contributed by atoms with van der Waals surface area (Å²) in [7, 11) is 1.67. The van der Waals surface area contributed by atoms with E-state index in [1.807, 2.05) is 55.5 Å². The molecule has 0 aliphatic heterocycles. The molecule has 0 fully saturated rings. The average Bonchev–Trinajstić information content (AvgIpc) is 2.99. The molecule has 0 aliphatic carbocycles. The summed E-state index contributed by atoms with van der Waals surface area (Å²) in [5.74, 6) is 0.416. The molecule has 0 saturated carbocycles. The fourth-order valence-corrected chi connectivity index (χ4v) is 3.97. The fourth-order valence-electron chi connectivity index (χ4n) is 3.85. The first-order valence-electron chi connectivity index (χ1n) is 9.87. The highest BCUT2D eigenvalue weighted by Crippen LogP contribution is 2.35. The summed E-state index contributed by atoms with van der Waals surface area (Å²) in [5.41, 5.74) is 11.3. The number of hydrogen-bond acceptors (Lipinski definition) is 2. The molecule has 0 spiro atoms. The smallest absolute Gasteiger partial charge is 0.251 e. The average molecular weight is 411 g/mol. The molecule has 29 heavy (non-hydrogen) atoms. The monoisotopic (exact) mass is 410 g/mol. The standard InChI is InChI=1S/C24H27ClN2O2/c1-4-5-9-20-23(17-11-13-19(25)14-12-17)22(24(26)28)16(2)27(20)15-18-8-6-7-10-21(18)29-3/h6-8,10-14H,4-5,9,15H2,1-3H3,(H2,26,28). The van der Waals surface area contributed by atoms with Gasteiger partial charge in [-0.2, -0.15) is 0 Å². The molecule has 2 aromatic carbocycles. The van der Waals surface area contributed by atoms with Crippen LogP contribution in [0.4, 0.5) is 0 Å². The van der Waals surface area contributed by atoms with Gasteiger partial charge in [-0.15, -0.1) is 0 Å². The van der Waals surface area contributed by atoms with E-state index in [2.05, 4.69) is 11.5 Å². The van der Waals surface area contributed by atoms with Gasteiger partial charge in [-0.25, -0.2) is 0 Å². The molecule has 0 bridgehead atoms. The van der Waals surface area contributed by atoms with E-state index < -0.39 is 5.91 Å². The molecular formula is C24H27ClN2O2. The Bertz CT molecular complexity index is 1010. The molecule has 2 N–H and O–H groups in total. The zero-order valence-corrected chi connectivity index (χ0v) is 17.9. The van der Waals surface area contributed by atoms with Crippen molar-refractivity contribution in [1.29, 1.82) is 0 Å². The minimum absolute atomic E-state index is 0.413. The van der Waals surface area contributed by atoms with Crippen LogP contribution in [0.1, 0.15) is 47.1 Å². The Kier molecular flexibility index (Phi) is 6.65. The van der Waals surface area contributed by atoms with Gasteiger partial charge in [0.15, 0.2) is 0 Å². The van der Waals surface area contributed by atoms with Crippen molar-refractivity contribution in [3.05, 3.63) is 76.1 Å². The van der Waals surface area contributed by atoms with Crippen LogP contribution in [0.15, 0.2) is 48.5 Å². The molecule has 4 nitrogen and oxygen atoms in total. The Morgan fingerprint density at radius 1 is 1.14 bits per heavy atom. The van der Waals surface area contributed by atoms with E-state index in [1.54, 1.807) is 7.11 Å². The van der Waals surface area contributed by atoms with Crippen molar-refractivity contribution in [2.24, 2.45) is 5.73 Å². The number of hydrogen-bond donors (Lipinski definition) is 1. The Morgan fingerprint density at radius 3 is 2.45 bits per heavy atom.